The number of alkyl halides is 2. The zero-order valence-corrected chi connectivity index (χ0v) is 13.7. The molecule has 0 aliphatic rings. The normalized spacial score (nSPS) is 11.8. The number of rotatable bonds is 9. The Labute approximate surface area is 148 Å². The number of carboxylic acid groups (broad SMARTS) is 1. The Morgan fingerprint density at radius 3 is 2.31 bits per heavy atom. The van der Waals surface area contributed by atoms with E-state index in [9.17, 15) is 23.5 Å². The van der Waals surface area contributed by atoms with Gasteiger partial charge in [-0.25, -0.2) is 0 Å². The van der Waals surface area contributed by atoms with Crippen molar-refractivity contribution in [1.29, 1.82) is 0 Å². The van der Waals surface area contributed by atoms with E-state index < -0.39 is 24.5 Å². The molecule has 2 rings (SSSR count). The number of quaternary nitrogens is 1. The summed E-state index contributed by atoms with van der Waals surface area (Å²) in [4.78, 5) is 23.3. The molecule has 0 saturated heterocycles. The Hall–Kier alpha value is -3.00. The van der Waals surface area contributed by atoms with Crippen LogP contribution in [0, 0.1) is 0 Å². The van der Waals surface area contributed by atoms with Crippen molar-refractivity contribution < 1.29 is 33.5 Å². The highest BCUT2D eigenvalue weighted by molar-refractivity contribution is 5.93. The smallest absolute Gasteiger partial charge is 0.387 e. The molecule has 1 atom stereocenters. The summed E-state index contributed by atoms with van der Waals surface area (Å²) >= 11 is 0. The Kier molecular flexibility index (Phi) is 7.04. The van der Waals surface area contributed by atoms with Gasteiger partial charge in [0.05, 0.1) is 12.4 Å². The van der Waals surface area contributed by atoms with Gasteiger partial charge in [-0.3, -0.25) is 4.79 Å². The molecule has 1 amide bonds. The van der Waals surface area contributed by atoms with Gasteiger partial charge in [-0.1, -0.05) is 30.3 Å². The highest BCUT2D eigenvalue weighted by Gasteiger charge is 2.18. The van der Waals surface area contributed by atoms with E-state index in [-0.39, 0.29) is 12.2 Å². The number of ether oxygens (including phenoxy) is 1. The lowest BCUT2D eigenvalue weighted by molar-refractivity contribution is -0.697. The van der Waals surface area contributed by atoms with Crippen molar-refractivity contribution in [3.05, 3.63) is 60.2 Å². The maximum Gasteiger partial charge on any atom is 0.387 e. The highest BCUT2D eigenvalue weighted by atomic mass is 19.3. The molecule has 0 aliphatic carbocycles. The molecule has 2 aromatic carbocycles. The third kappa shape index (κ3) is 6.48. The van der Waals surface area contributed by atoms with E-state index in [0.29, 0.717) is 12.2 Å². The summed E-state index contributed by atoms with van der Waals surface area (Å²) in [5.74, 6) is -1.90. The number of aliphatic carboxylic acids is 1. The molecular weight excluding hydrogens is 346 g/mol. The van der Waals surface area contributed by atoms with Gasteiger partial charge in [0.25, 0.3) is 0 Å². The predicted octanol–water partition coefficient (Wildman–Crippen LogP) is 0.499. The van der Waals surface area contributed by atoms with Gasteiger partial charge in [-0.05, 0) is 24.3 Å². The van der Waals surface area contributed by atoms with Gasteiger partial charge in [0.1, 0.15) is 18.3 Å². The van der Waals surface area contributed by atoms with Crippen LogP contribution < -0.4 is 20.5 Å². The molecule has 0 aromatic heterocycles. The van der Waals surface area contributed by atoms with Crippen LogP contribution in [0.2, 0.25) is 0 Å². The SMILES string of the molecule is O=C(C[C@@H]([NH2+]Cc1ccccc1)C(=O)[O-])Nc1ccc(OC(F)F)cc1. The molecule has 8 heteroatoms. The second-order valence-corrected chi connectivity index (χ2v) is 5.51. The van der Waals surface area contributed by atoms with Crippen LogP contribution in [0.4, 0.5) is 14.5 Å². The maximum absolute atomic E-state index is 12.1. The first-order chi connectivity index (χ1) is 12.4. The third-order valence-corrected chi connectivity index (χ3v) is 3.55. The number of benzene rings is 2. The fourth-order valence-corrected chi connectivity index (χ4v) is 2.29. The van der Waals surface area contributed by atoms with Crippen molar-refractivity contribution in [2.75, 3.05) is 5.32 Å². The molecule has 3 N–H and O–H groups in total. The number of carboxylic acids is 1. The number of carbonyl (C=O) groups is 2. The lowest BCUT2D eigenvalue weighted by Gasteiger charge is -2.16. The summed E-state index contributed by atoms with van der Waals surface area (Å²) in [5.41, 5.74) is 1.27. The minimum absolute atomic E-state index is 0.0400. The first kappa shape index (κ1) is 19.3. The molecule has 0 aliphatic heterocycles. The molecule has 138 valence electrons. The lowest BCUT2D eigenvalue weighted by Crippen LogP contribution is -2.92. The summed E-state index contributed by atoms with van der Waals surface area (Å²) in [6.07, 6.45) is -0.287. The van der Waals surface area contributed by atoms with Crippen LogP contribution in [0.3, 0.4) is 0 Å². The van der Waals surface area contributed by atoms with E-state index >= 15 is 0 Å². The zero-order valence-electron chi connectivity index (χ0n) is 13.7. The van der Waals surface area contributed by atoms with Gasteiger partial charge in [0.15, 0.2) is 0 Å². The van der Waals surface area contributed by atoms with Crippen molar-refractivity contribution in [3.63, 3.8) is 0 Å². The van der Waals surface area contributed by atoms with Crippen LogP contribution in [0.1, 0.15) is 12.0 Å². The summed E-state index contributed by atoms with van der Waals surface area (Å²) in [6.45, 7) is -2.54. The number of hydrogen-bond acceptors (Lipinski definition) is 4. The van der Waals surface area contributed by atoms with Crippen molar-refractivity contribution in [2.24, 2.45) is 0 Å². The van der Waals surface area contributed by atoms with Gasteiger partial charge in [0.2, 0.25) is 5.91 Å². The Morgan fingerprint density at radius 2 is 1.73 bits per heavy atom. The van der Waals surface area contributed by atoms with E-state index in [2.05, 4.69) is 10.1 Å². The molecule has 26 heavy (non-hydrogen) atoms. The van der Waals surface area contributed by atoms with Crippen molar-refractivity contribution >= 4 is 17.6 Å². The summed E-state index contributed by atoms with van der Waals surface area (Å²) < 4.78 is 28.4. The van der Waals surface area contributed by atoms with Crippen molar-refractivity contribution in [1.82, 2.24) is 0 Å². The average molecular weight is 364 g/mol. The number of carbonyl (C=O) groups excluding carboxylic acids is 2. The molecule has 0 fully saturated rings. The highest BCUT2D eigenvalue weighted by Crippen LogP contribution is 2.17. The van der Waals surface area contributed by atoms with Gasteiger partial charge in [0, 0.05) is 11.3 Å². The van der Waals surface area contributed by atoms with Gasteiger partial charge >= 0.3 is 6.61 Å². The van der Waals surface area contributed by atoms with Crippen LogP contribution in [-0.2, 0) is 16.1 Å². The first-order valence-corrected chi connectivity index (χ1v) is 7.87. The predicted molar refractivity (Wildman–Crippen MR) is 87.2 cm³/mol. The molecule has 2 aromatic rings. The molecule has 0 spiro atoms. The third-order valence-electron chi connectivity index (χ3n) is 3.55. The van der Waals surface area contributed by atoms with Crippen LogP contribution >= 0.6 is 0 Å². The van der Waals surface area contributed by atoms with Gasteiger partial charge in [-0.15, -0.1) is 0 Å². The summed E-state index contributed by atoms with van der Waals surface area (Å²) in [5, 5.41) is 15.3. The maximum atomic E-state index is 12.1. The van der Waals surface area contributed by atoms with Gasteiger partial charge in [-0.2, -0.15) is 8.78 Å². The van der Waals surface area contributed by atoms with Crippen LogP contribution in [0.15, 0.2) is 54.6 Å². The molecule has 6 nitrogen and oxygen atoms in total. The molecular formula is C18H18F2N2O4. The van der Waals surface area contributed by atoms with E-state index in [1.807, 2.05) is 30.3 Å². The molecule has 0 unspecified atom stereocenters. The number of hydrogen-bond donors (Lipinski definition) is 2. The summed E-state index contributed by atoms with van der Waals surface area (Å²) in [7, 11) is 0. The standard InChI is InChI=1S/C18H18F2N2O4/c19-18(20)26-14-8-6-13(7-9-14)22-16(23)10-15(17(24)25)21-11-12-4-2-1-3-5-12/h1-9,15,18,21H,10-11H2,(H,22,23)(H,24,25)/t15-/m1/s1. The van der Waals surface area contributed by atoms with E-state index in [0.717, 1.165) is 5.56 Å². The molecule has 0 heterocycles. The first-order valence-electron chi connectivity index (χ1n) is 7.87. The second kappa shape index (κ2) is 9.47. The van der Waals surface area contributed by atoms with Crippen molar-refractivity contribution in [3.8, 4) is 5.75 Å². The van der Waals surface area contributed by atoms with Crippen LogP contribution in [-0.4, -0.2) is 24.5 Å². The van der Waals surface area contributed by atoms with Crippen LogP contribution in [0.5, 0.6) is 5.75 Å². The number of halogens is 2. The number of nitrogens with two attached hydrogens (primary N) is 1. The topological polar surface area (TPSA) is 95.1 Å². The number of anilines is 1. The number of nitrogens with one attached hydrogen (secondary N) is 1. The fraction of sp³-hybridized carbons (Fsp3) is 0.222. The largest absolute Gasteiger partial charge is 0.544 e. The Morgan fingerprint density at radius 1 is 1.08 bits per heavy atom. The van der Waals surface area contributed by atoms with Crippen LogP contribution in [0.25, 0.3) is 0 Å². The number of amides is 1. The van der Waals surface area contributed by atoms with E-state index in [1.54, 1.807) is 0 Å². The summed E-state index contributed by atoms with van der Waals surface area (Å²) in [6, 6.07) is 13.5. The fourth-order valence-electron chi connectivity index (χ4n) is 2.29. The quantitative estimate of drug-likeness (QED) is 0.677. The minimum Gasteiger partial charge on any atom is -0.544 e. The van der Waals surface area contributed by atoms with Gasteiger partial charge < -0.3 is 25.3 Å². The van der Waals surface area contributed by atoms with E-state index in [4.69, 9.17) is 0 Å². The molecule has 0 saturated carbocycles. The monoisotopic (exact) mass is 364 g/mol. The zero-order chi connectivity index (χ0) is 18.9. The minimum atomic E-state index is -2.93. The molecule has 0 bridgehead atoms. The molecule has 0 radical (unpaired) electrons. The van der Waals surface area contributed by atoms with E-state index in [1.165, 1.54) is 29.6 Å². The van der Waals surface area contributed by atoms with Crippen molar-refractivity contribution in [2.45, 2.75) is 25.6 Å². The Balaban J connectivity index is 1.87. The average Bonchev–Trinajstić information content (AvgIpc) is 2.60. The lowest BCUT2D eigenvalue weighted by atomic mass is 10.1. The second-order valence-electron chi connectivity index (χ2n) is 5.51. The Bertz CT molecular complexity index is 724.